The molecule has 1 saturated carbocycles. The molecular formula is C20H20F3N3O2. The number of benzene rings is 2. The molecule has 3 N–H and O–H groups in total. The summed E-state index contributed by atoms with van der Waals surface area (Å²) >= 11 is 0. The molecule has 0 unspecified atom stereocenters. The molecule has 8 heteroatoms. The van der Waals surface area contributed by atoms with Crippen molar-refractivity contribution in [1.82, 2.24) is 10.6 Å². The summed E-state index contributed by atoms with van der Waals surface area (Å²) in [6.07, 6.45) is -2.63. The normalized spacial score (nSPS) is 13.7. The molecule has 0 bridgehead atoms. The summed E-state index contributed by atoms with van der Waals surface area (Å²) in [5.74, 6) is -0.273. The molecule has 148 valence electrons. The maximum atomic E-state index is 12.9. The third-order valence-electron chi connectivity index (χ3n) is 4.30. The Kier molecular flexibility index (Phi) is 5.87. The minimum Gasteiger partial charge on any atom is -0.355 e. The zero-order valence-electron chi connectivity index (χ0n) is 15.0. The van der Waals surface area contributed by atoms with Crippen LogP contribution in [0.5, 0.6) is 0 Å². The van der Waals surface area contributed by atoms with Gasteiger partial charge in [-0.05, 0) is 43.2 Å². The van der Waals surface area contributed by atoms with Crippen molar-refractivity contribution in [3.05, 3.63) is 59.7 Å². The first-order valence-corrected chi connectivity index (χ1v) is 8.94. The van der Waals surface area contributed by atoms with Crippen LogP contribution in [-0.4, -0.2) is 24.9 Å². The van der Waals surface area contributed by atoms with E-state index in [2.05, 4.69) is 16.0 Å². The molecule has 2 amide bonds. The van der Waals surface area contributed by atoms with Crippen LogP contribution in [0.1, 0.15) is 28.8 Å². The Bertz CT molecular complexity index is 864. The summed E-state index contributed by atoms with van der Waals surface area (Å²) in [6, 6.07) is 11.3. The maximum absolute atomic E-state index is 12.9. The number of rotatable bonds is 7. The summed E-state index contributed by atoms with van der Waals surface area (Å²) < 4.78 is 38.6. The minimum atomic E-state index is -4.44. The Hall–Kier alpha value is -3.03. The summed E-state index contributed by atoms with van der Waals surface area (Å²) in [6.45, 7) is 0.583. The summed E-state index contributed by atoms with van der Waals surface area (Å²) in [5, 5.41) is 8.32. The minimum absolute atomic E-state index is 0.000798. The molecule has 5 nitrogen and oxygen atoms in total. The van der Waals surface area contributed by atoms with Crippen molar-refractivity contribution in [2.75, 3.05) is 18.4 Å². The van der Waals surface area contributed by atoms with Crippen molar-refractivity contribution in [3.63, 3.8) is 0 Å². The Morgan fingerprint density at radius 3 is 2.39 bits per heavy atom. The lowest BCUT2D eigenvalue weighted by Crippen LogP contribution is -2.35. The van der Waals surface area contributed by atoms with Gasteiger partial charge in [-0.25, -0.2) is 0 Å². The van der Waals surface area contributed by atoms with Crippen LogP contribution in [0.25, 0.3) is 0 Å². The lowest BCUT2D eigenvalue weighted by Gasteiger charge is -2.14. The SMILES string of the molecule is O=C(NCCNC(=O)C1CC1)c1ccccc1Nc1cccc(C(F)(F)F)c1. The number of anilines is 2. The largest absolute Gasteiger partial charge is 0.416 e. The fourth-order valence-corrected chi connectivity index (χ4v) is 2.67. The molecule has 3 rings (SSSR count). The Labute approximate surface area is 160 Å². The fourth-order valence-electron chi connectivity index (χ4n) is 2.67. The highest BCUT2D eigenvalue weighted by Crippen LogP contribution is 2.32. The summed E-state index contributed by atoms with van der Waals surface area (Å²) in [7, 11) is 0. The fraction of sp³-hybridized carbons (Fsp3) is 0.300. The molecule has 0 heterocycles. The van der Waals surface area contributed by atoms with Crippen LogP contribution in [0.3, 0.4) is 0 Å². The second kappa shape index (κ2) is 8.33. The summed E-state index contributed by atoms with van der Waals surface area (Å²) in [4.78, 5) is 24.0. The molecule has 2 aromatic carbocycles. The predicted molar refractivity (Wildman–Crippen MR) is 99.2 cm³/mol. The molecule has 0 spiro atoms. The van der Waals surface area contributed by atoms with Gasteiger partial charge in [-0.2, -0.15) is 13.2 Å². The van der Waals surface area contributed by atoms with Gasteiger partial charge in [0.15, 0.2) is 0 Å². The van der Waals surface area contributed by atoms with Crippen molar-refractivity contribution in [3.8, 4) is 0 Å². The highest BCUT2D eigenvalue weighted by molar-refractivity contribution is 6.00. The van der Waals surface area contributed by atoms with Crippen LogP contribution in [0.2, 0.25) is 0 Å². The third kappa shape index (κ3) is 5.25. The molecule has 28 heavy (non-hydrogen) atoms. The number of carbonyl (C=O) groups is 2. The van der Waals surface area contributed by atoms with Gasteiger partial charge in [0.25, 0.3) is 5.91 Å². The van der Waals surface area contributed by atoms with Crippen LogP contribution in [-0.2, 0) is 11.0 Å². The van der Waals surface area contributed by atoms with Gasteiger partial charge < -0.3 is 16.0 Å². The van der Waals surface area contributed by atoms with Gasteiger partial charge in [-0.3, -0.25) is 9.59 Å². The molecule has 1 aliphatic carbocycles. The smallest absolute Gasteiger partial charge is 0.355 e. The molecule has 0 atom stereocenters. The number of amides is 2. The first-order valence-electron chi connectivity index (χ1n) is 8.94. The third-order valence-corrected chi connectivity index (χ3v) is 4.30. The van der Waals surface area contributed by atoms with Gasteiger partial charge >= 0.3 is 6.18 Å². The van der Waals surface area contributed by atoms with Crippen LogP contribution in [0.15, 0.2) is 48.5 Å². The van der Waals surface area contributed by atoms with Gasteiger partial charge in [-0.15, -0.1) is 0 Å². The van der Waals surface area contributed by atoms with E-state index in [1.54, 1.807) is 24.3 Å². The number of para-hydroxylation sites is 1. The van der Waals surface area contributed by atoms with E-state index in [0.29, 0.717) is 17.8 Å². The second-order valence-electron chi connectivity index (χ2n) is 6.57. The van der Waals surface area contributed by atoms with Gasteiger partial charge in [0.2, 0.25) is 5.91 Å². The first-order chi connectivity index (χ1) is 13.3. The molecule has 2 aromatic rings. The average molecular weight is 391 g/mol. The molecule has 1 fully saturated rings. The highest BCUT2D eigenvalue weighted by Gasteiger charge is 2.30. The molecule has 0 radical (unpaired) electrons. The van der Waals surface area contributed by atoms with Crippen molar-refractivity contribution in [1.29, 1.82) is 0 Å². The van der Waals surface area contributed by atoms with E-state index in [-0.39, 0.29) is 30.0 Å². The van der Waals surface area contributed by atoms with E-state index in [9.17, 15) is 22.8 Å². The molecule has 0 aromatic heterocycles. The standard InChI is InChI=1S/C20H20F3N3O2/c21-20(22,23)14-4-3-5-15(12-14)26-17-7-2-1-6-16(17)19(28)25-11-10-24-18(27)13-8-9-13/h1-7,12-13,26H,8-11H2,(H,24,27)(H,25,28). The molecular weight excluding hydrogens is 371 g/mol. The van der Waals surface area contributed by atoms with Gasteiger partial charge in [0.1, 0.15) is 0 Å². The summed E-state index contributed by atoms with van der Waals surface area (Å²) in [5.41, 5.74) is 0.146. The quantitative estimate of drug-likeness (QED) is 0.631. The lowest BCUT2D eigenvalue weighted by molar-refractivity contribution is -0.137. The Morgan fingerprint density at radius 1 is 0.964 bits per heavy atom. The maximum Gasteiger partial charge on any atom is 0.416 e. The number of hydrogen-bond donors (Lipinski definition) is 3. The van der Waals surface area contributed by atoms with E-state index < -0.39 is 11.7 Å². The second-order valence-corrected chi connectivity index (χ2v) is 6.57. The van der Waals surface area contributed by atoms with E-state index in [1.165, 1.54) is 12.1 Å². The number of alkyl halides is 3. The van der Waals surface area contributed by atoms with Crippen LogP contribution >= 0.6 is 0 Å². The molecule has 0 saturated heterocycles. The van der Waals surface area contributed by atoms with Crippen molar-refractivity contribution in [2.45, 2.75) is 19.0 Å². The average Bonchev–Trinajstić information content (AvgIpc) is 3.50. The Morgan fingerprint density at radius 2 is 1.68 bits per heavy atom. The van der Waals surface area contributed by atoms with Gasteiger partial charge in [-0.1, -0.05) is 18.2 Å². The monoisotopic (exact) mass is 391 g/mol. The molecule has 1 aliphatic rings. The van der Waals surface area contributed by atoms with Crippen molar-refractivity contribution >= 4 is 23.2 Å². The predicted octanol–water partition coefficient (Wildman–Crippen LogP) is 3.71. The number of hydrogen-bond acceptors (Lipinski definition) is 3. The van der Waals surface area contributed by atoms with E-state index in [4.69, 9.17) is 0 Å². The zero-order valence-corrected chi connectivity index (χ0v) is 15.0. The molecule has 0 aliphatic heterocycles. The van der Waals surface area contributed by atoms with Crippen LogP contribution in [0, 0.1) is 5.92 Å². The number of halogens is 3. The highest BCUT2D eigenvalue weighted by atomic mass is 19.4. The first kappa shape index (κ1) is 19.7. The topological polar surface area (TPSA) is 70.2 Å². The van der Waals surface area contributed by atoms with Gasteiger partial charge in [0, 0.05) is 24.7 Å². The van der Waals surface area contributed by atoms with Crippen LogP contribution in [0.4, 0.5) is 24.5 Å². The number of nitrogens with one attached hydrogen (secondary N) is 3. The van der Waals surface area contributed by atoms with E-state index in [1.807, 2.05) is 0 Å². The van der Waals surface area contributed by atoms with Gasteiger partial charge in [0.05, 0.1) is 16.8 Å². The van der Waals surface area contributed by atoms with E-state index >= 15 is 0 Å². The number of carbonyl (C=O) groups excluding carboxylic acids is 2. The van der Waals surface area contributed by atoms with Crippen molar-refractivity contribution < 1.29 is 22.8 Å². The van der Waals surface area contributed by atoms with Crippen LogP contribution < -0.4 is 16.0 Å². The lowest BCUT2D eigenvalue weighted by atomic mass is 10.1. The Balaban J connectivity index is 1.62. The zero-order chi connectivity index (χ0) is 20.1. The van der Waals surface area contributed by atoms with E-state index in [0.717, 1.165) is 25.0 Å². The van der Waals surface area contributed by atoms with Crippen molar-refractivity contribution in [2.24, 2.45) is 5.92 Å².